The van der Waals surface area contributed by atoms with Crippen LogP contribution in [0.2, 0.25) is 0 Å². The van der Waals surface area contributed by atoms with E-state index in [2.05, 4.69) is 33.0 Å². The van der Waals surface area contributed by atoms with Crippen LogP contribution in [0.25, 0.3) is 0 Å². The molecule has 0 aromatic carbocycles. The average Bonchev–Trinajstić information content (AvgIpc) is 2.24. The van der Waals surface area contributed by atoms with Crippen LogP contribution in [0.3, 0.4) is 0 Å². The van der Waals surface area contributed by atoms with Gasteiger partial charge in [-0.2, -0.15) is 0 Å². The second kappa shape index (κ2) is 10.5. The molecular weight excluding hydrogens is 218 g/mol. The molecule has 0 atom stereocenters. The number of carbonyl (C=O) groups excluding carboxylic acids is 1. The van der Waals surface area contributed by atoms with Gasteiger partial charge in [-0.1, -0.05) is 27.7 Å². The fourth-order valence-electron chi connectivity index (χ4n) is 1.12. The zero-order chi connectivity index (χ0) is 13.1. The lowest BCUT2D eigenvalue weighted by Crippen LogP contribution is -2.30. The zero-order valence-corrected chi connectivity index (χ0v) is 11.6. The number of ether oxygens (including phenoxy) is 2. The summed E-state index contributed by atoms with van der Waals surface area (Å²) in [6.45, 7) is 11.3. The van der Waals surface area contributed by atoms with Crippen LogP contribution in [0.1, 0.15) is 34.1 Å². The van der Waals surface area contributed by atoms with E-state index in [4.69, 9.17) is 9.47 Å². The molecule has 0 heterocycles. The van der Waals surface area contributed by atoms with Gasteiger partial charge in [0.05, 0.1) is 0 Å². The van der Waals surface area contributed by atoms with Crippen LogP contribution in [-0.2, 0) is 14.3 Å². The number of carbonyl (C=O) groups is 1. The molecule has 0 aliphatic heterocycles. The van der Waals surface area contributed by atoms with Gasteiger partial charge in [-0.15, -0.1) is 0 Å². The molecule has 0 aliphatic rings. The molecular formula is C13H27NO3. The predicted octanol–water partition coefficient (Wildman–Crippen LogP) is 1.84. The molecule has 0 aromatic heterocycles. The normalized spacial score (nSPS) is 11.2. The second-order valence-electron chi connectivity index (χ2n) is 5.07. The fourth-order valence-corrected chi connectivity index (χ4v) is 1.12. The first-order chi connectivity index (χ1) is 8.02. The standard InChI is InChI=1S/C13H27NO3/c1-11(2)8-14-13(15)10-17-7-5-6-16-9-12(3)4/h11-12H,5-10H2,1-4H3,(H,14,15). The molecule has 1 N–H and O–H groups in total. The fraction of sp³-hybridized carbons (Fsp3) is 0.923. The van der Waals surface area contributed by atoms with E-state index in [9.17, 15) is 4.79 Å². The molecule has 0 rings (SSSR count). The highest BCUT2D eigenvalue weighted by molar-refractivity contribution is 5.77. The van der Waals surface area contributed by atoms with Crippen molar-refractivity contribution >= 4 is 5.91 Å². The van der Waals surface area contributed by atoms with Gasteiger partial charge in [0.15, 0.2) is 0 Å². The summed E-state index contributed by atoms with van der Waals surface area (Å²) in [4.78, 5) is 11.3. The SMILES string of the molecule is CC(C)CNC(=O)COCCCOCC(C)C. The molecule has 17 heavy (non-hydrogen) atoms. The Hall–Kier alpha value is -0.610. The Morgan fingerprint density at radius 1 is 1.06 bits per heavy atom. The summed E-state index contributed by atoms with van der Waals surface area (Å²) in [5.41, 5.74) is 0. The Balaban J connectivity index is 3.19. The highest BCUT2D eigenvalue weighted by atomic mass is 16.5. The molecule has 0 radical (unpaired) electrons. The van der Waals surface area contributed by atoms with Crippen molar-refractivity contribution in [1.29, 1.82) is 0 Å². The van der Waals surface area contributed by atoms with Crippen molar-refractivity contribution in [2.75, 3.05) is 33.0 Å². The van der Waals surface area contributed by atoms with Crippen molar-refractivity contribution in [2.24, 2.45) is 11.8 Å². The van der Waals surface area contributed by atoms with E-state index >= 15 is 0 Å². The Morgan fingerprint density at radius 2 is 1.71 bits per heavy atom. The third kappa shape index (κ3) is 13.3. The van der Waals surface area contributed by atoms with Crippen LogP contribution in [-0.4, -0.2) is 38.9 Å². The summed E-state index contributed by atoms with van der Waals surface area (Å²) in [6.07, 6.45) is 0.837. The highest BCUT2D eigenvalue weighted by Gasteiger charge is 2.02. The minimum absolute atomic E-state index is 0.0400. The van der Waals surface area contributed by atoms with Crippen molar-refractivity contribution in [3.63, 3.8) is 0 Å². The van der Waals surface area contributed by atoms with Crippen LogP contribution < -0.4 is 5.32 Å². The highest BCUT2D eigenvalue weighted by Crippen LogP contribution is 1.93. The van der Waals surface area contributed by atoms with Gasteiger partial charge >= 0.3 is 0 Å². The summed E-state index contributed by atoms with van der Waals surface area (Å²) in [7, 11) is 0. The quantitative estimate of drug-likeness (QED) is 0.597. The van der Waals surface area contributed by atoms with Crippen LogP contribution in [0.5, 0.6) is 0 Å². The minimum Gasteiger partial charge on any atom is -0.381 e. The van der Waals surface area contributed by atoms with E-state index in [1.807, 2.05) is 0 Å². The molecule has 0 spiro atoms. The van der Waals surface area contributed by atoms with Gasteiger partial charge in [-0.25, -0.2) is 0 Å². The lowest BCUT2D eigenvalue weighted by Gasteiger charge is -2.09. The third-order valence-electron chi connectivity index (χ3n) is 1.97. The van der Waals surface area contributed by atoms with Crippen LogP contribution in [0, 0.1) is 11.8 Å². The first-order valence-corrected chi connectivity index (χ1v) is 6.44. The van der Waals surface area contributed by atoms with Gasteiger partial charge in [0, 0.05) is 26.4 Å². The molecule has 0 saturated heterocycles. The Morgan fingerprint density at radius 3 is 2.29 bits per heavy atom. The van der Waals surface area contributed by atoms with Crippen molar-refractivity contribution in [3.05, 3.63) is 0 Å². The maximum atomic E-state index is 11.3. The van der Waals surface area contributed by atoms with Crippen LogP contribution >= 0.6 is 0 Å². The number of amides is 1. The number of hydrogen-bond donors (Lipinski definition) is 1. The van der Waals surface area contributed by atoms with Gasteiger partial charge in [0.2, 0.25) is 5.91 Å². The van der Waals surface area contributed by atoms with Crippen LogP contribution in [0.4, 0.5) is 0 Å². The van der Waals surface area contributed by atoms with E-state index in [0.29, 0.717) is 31.6 Å². The van der Waals surface area contributed by atoms with Crippen LogP contribution in [0.15, 0.2) is 0 Å². The summed E-state index contributed by atoms with van der Waals surface area (Å²) in [5.74, 6) is 1.00. The first-order valence-electron chi connectivity index (χ1n) is 6.44. The minimum atomic E-state index is -0.0400. The van der Waals surface area contributed by atoms with E-state index in [1.54, 1.807) is 0 Å². The van der Waals surface area contributed by atoms with Crippen molar-refractivity contribution < 1.29 is 14.3 Å². The van der Waals surface area contributed by atoms with E-state index < -0.39 is 0 Å². The van der Waals surface area contributed by atoms with Gasteiger partial charge < -0.3 is 14.8 Å². The van der Waals surface area contributed by atoms with E-state index in [1.165, 1.54) is 0 Å². The van der Waals surface area contributed by atoms with Crippen molar-refractivity contribution in [3.8, 4) is 0 Å². The van der Waals surface area contributed by atoms with Gasteiger partial charge in [0.25, 0.3) is 0 Å². The summed E-state index contributed by atoms with van der Waals surface area (Å²) < 4.78 is 10.6. The van der Waals surface area contributed by atoms with Gasteiger partial charge in [-0.3, -0.25) is 4.79 Å². The molecule has 1 amide bonds. The number of nitrogens with one attached hydrogen (secondary N) is 1. The lowest BCUT2D eigenvalue weighted by atomic mass is 10.2. The van der Waals surface area contributed by atoms with Gasteiger partial charge in [-0.05, 0) is 18.3 Å². The van der Waals surface area contributed by atoms with Gasteiger partial charge in [0.1, 0.15) is 6.61 Å². The van der Waals surface area contributed by atoms with Crippen molar-refractivity contribution in [1.82, 2.24) is 5.32 Å². The summed E-state index contributed by atoms with van der Waals surface area (Å²) >= 11 is 0. The largest absolute Gasteiger partial charge is 0.381 e. The topological polar surface area (TPSA) is 47.6 Å². The van der Waals surface area contributed by atoms with E-state index in [-0.39, 0.29) is 12.5 Å². The third-order valence-corrected chi connectivity index (χ3v) is 1.97. The maximum absolute atomic E-state index is 11.3. The van der Waals surface area contributed by atoms with Crippen molar-refractivity contribution in [2.45, 2.75) is 34.1 Å². The molecule has 0 saturated carbocycles. The number of hydrogen-bond acceptors (Lipinski definition) is 3. The second-order valence-corrected chi connectivity index (χ2v) is 5.07. The van der Waals surface area contributed by atoms with E-state index in [0.717, 1.165) is 13.0 Å². The molecule has 4 heteroatoms. The lowest BCUT2D eigenvalue weighted by molar-refractivity contribution is -0.126. The maximum Gasteiger partial charge on any atom is 0.246 e. The zero-order valence-electron chi connectivity index (χ0n) is 11.6. The Bertz CT molecular complexity index is 193. The molecule has 4 nitrogen and oxygen atoms in total. The first kappa shape index (κ1) is 16.4. The number of rotatable bonds is 10. The molecule has 0 unspecified atom stereocenters. The molecule has 0 bridgehead atoms. The molecule has 0 aliphatic carbocycles. The summed E-state index contributed by atoms with van der Waals surface area (Å²) in [6, 6.07) is 0. The molecule has 0 fully saturated rings. The smallest absolute Gasteiger partial charge is 0.246 e. The average molecular weight is 245 g/mol. The monoisotopic (exact) mass is 245 g/mol. The molecule has 102 valence electrons. The summed E-state index contributed by atoms with van der Waals surface area (Å²) in [5, 5.41) is 2.80. The Kier molecular flexibility index (Phi) is 10.2. The molecule has 0 aromatic rings. The Labute approximate surface area is 105 Å². The predicted molar refractivity (Wildman–Crippen MR) is 68.9 cm³/mol.